The van der Waals surface area contributed by atoms with E-state index in [1.807, 2.05) is 6.92 Å². The molecule has 0 aromatic heterocycles. The van der Waals surface area contributed by atoms with Gasteiger partial charge in [-0.15, -0.1) is 0 Å². The van der Waals surface area contributed by atoms with E-state index in [9.17, 15) is 9.90 Å². The van der Waals surface area contributed by atoms with Crippen LogP contribution in [0.25, 0.3) is 0 Å². The summed E-state index contributed by atoms with van der Waals surface area (Å²) in [5, 5.41) is 10.4. The summed E-state index contributed by atoms with van der Waals surface area (Å²) in [6, 6.07) is 0. The zero-order valence-electron chi connectivity index (χ0n) is 10.5. The molecule has 0 saturated heterocycles. The van der Waals surface area contributed by atoms with E-state index in [1.165, 1.54) is 0 Å². The molecule has 1 fully saturated rings. The Labute approximate surface area is 93.1 Å². The second kappa shape index (κ2) is 4.25. The van der Waals surface area contributed by atoms with Gasteiger partial charge in [-0.1, -0.05) is 20.3 Å². The first-order chi connectivity index (χ1) is 6.76. The minimum atomic E-state index is -0.586. The molecule has 1 saturated carbocycles. The lowest BCUT2D eigenvalue weighted by atomic mass is 9.60. The Morgan fingerprint density at radius 3 is 2.40 bits per heavy atom. The summed E-state index contributed by atoms with van der Waals surface area (Å²) in [5.74, 6) is 0.481. The zero-order chi connectivity index (χ0) is 11.7. The highest BCUT2D eigenvalue weighted by Gasteiger charge is 2.44. The monoisotopic (exact) mass is 212 g/mol. The molecule has 0 aromatic rings. The van der Waals surface area contributed by atoms with Crippen LogP contribution in [0.3, 0.4) is 0 Å². The van der Waals surface area contributed by atoms with Crippen LogP contribution in [0.5, 0.6) is 0 Å². The van der Waals surface area contributed by atoms with E-state index in [4.69, 9.17) is 0 Å². The average Bonchev–Trinajstić information content (AvgIpc) is 1.99. The third kappa shape index (κ3) is 3.04. The molecule has 0 heterocycles. The Bertz CT molecular complexity index is 225. The number of rotatable bonds is 3. The number of hydrogen-bond donors (Lipinski definition) is 1. The number of carbonyl (C=O) groups is 1. The van der Waals surface area contributed by atoms with Crippen LogP contribution in [-0.2, 0) is 4.79 Å². The van der Waals surface area contributed by atoms with Crippen LogP contribution in [0.15, 0.2) is 0 Å². The number of carbonyl (C=O) groups excluding carboxylic acids is 1. The van der Waals surface area contributed by atoms with Gasteiger partial charge in [-0.3, -0.25) is 0 Å². The number of hydrogen-bond acceptors (Lipinski definition) is 2. The molecule has 2 nitrogen and oxygen atoms in total. The van der Waals surface area contributed by atoms with Crippen molar-refractivity contribution in [1.29, 1.82) is 0 Å². The van der Waals surface area contributed by atoms with Crippen molar-refractivity contribution in [2.24, 2.45) is 11.3 Å². The van der Waals surface area contributed by atoms with Gasteiger partial charge in [-0.2, -0.15) is 0 Å². The molecule has 0 aromatic carbocycles. The predicted molar refractivity (Wildman–Crippen MR) is 61.7 cm³/mol. The van der Waals surface area contributed by atoms with Crippen molar-refractivity contribution in [3.63, 3.8) is 0 Å². The van der Waals surface area contributed by atoms with E-state index in [2.05, 4.69) is 13.8 Å². The van der Waals surface area contributed by atoms with Gasteiger partial charge < -0.3 is 9.90 Å². The molecule has 0 bridgehead atoms. The third-order valence-corrected chi connectivity index (χ3v) is 3.98. The Morgan fingerprint density at radius 2 is 1.93 bits per heavy atom. The molecular weight excluding hydrogens is 188 g/mol. The SMILES string of the molecule is CC(=O)CC[C@@H]1C(C)(C)CCC[C@@]1(C)O. The average molecular weight is 212 g/mol. The topological polar surface area (TPSA) is 37.3 Å². The van der Waals surface area contributed by atoms with Gasteiger partial charge in [-0.05, 0) is 44.4 Å². The summed E-state index contributed by atoms with van der Waals surface area (Å²) in [5.41, 5.74) is -0.422. The van der Waals surface area contributed by atoms with Gasteiger partial charge in [0.2, 0.25) is 0 Å². The Morgan fingerprint density at radius 1 is 1.33 bits per heavy atom. The van der Waals surface area contributed by atoms with Crippen LogP contribution in [0.4, 0.5) is 0 Å². The predicted octanol–water partition coefficient (Wildman–Crippen LogP) is 2.93. The first kappa shape index (κ1) is 12.7. The first-order valence-electron chi connectivity index (χ1n) is 5.97. The second-order valence-corrected chi connectivity index (χ2v) is 5.99. The highest BCUT2D eigenvalue weighted by Crippen LogP contribution is 2.48. The van der Waals surface area contributed by atoms with Crippen molar-refractivity contribution in [2.45, 2.75) is 65.4 Å². The molecule has 0 aliphatic heterocycles. The maximum atomic E-state index is 11.0. The molecule has 2 atom stereocenters. The van der Waals surface area contributed by atoms with Gasteiger partial charge in [0.05, 0.1) is 5.60 Å². The van der Waals surface area contributed by atoms with Crippen molar-refractivity contribution < 1.29 is 9.90 Å². The number of aliphatic hydroxyl groups is 1. The Balaban J connectivity index is 2.72. The van der Waals surface area contributed by atoms with Gasteiger partial charge in [-0.25, -0.2) is 0 Å². The smallest absolute Gasteiger partial charge is 0.129 e. The van der Waals surface area contributed by atoms with Crippen LogP contribution in [0.2, 0.25) is 0 Å². The number of Topliss-reactive ketones (excluding diaryl/α,β-unsaturated/α-hetero) is 1. The van der Waals surface area contributed by atoms with Crippen LogP contribution in [0.1, 0.15) is 59.8 Å². The van der Waals surface area contributed by atoms with Gasteiger partial charge in [0.25, 0.3) is 0 Å². The van der Waals surface area contributed by atoms with E-state index in [1.54, 1.807) is 6.92 Å². The van der Waals surface area contributed by atoms with Crippen LogP contribution < -0.4 is 0 Å². The van der Waals surface area contributed by atoms with E-state index >= 15 is 0 Å². The van der Waals surface area contributed by atoms with E-state index in [0.717, 1.165) is 25.7 Å². The first-order valence-corrected chi connectivity index (χ1v) is 5.97. The number of ketones is 1. The summed E-state index contributed by atoms with van der Waals surface area (Å²) in [6.45, 7) is 7.99. The lowest BCUT2D eigenvalue weighted by Crippen LogP contribution is -2.47. The van der Waals surface area contributed by atoms with Crippen LogP contribution in [0, 0.1) is 11.3 Å². The Kier molecular flexibility index (Phi) is 3.59. The molecule has 2 heteroatoms. The van der Waals surface area contributed by atoms with Gasteiger partial charge >= 0.3 is 0 Å². The molecular formula is C13H24O2. The fourth-order valence-electron chi connectivity index (χ4n) is 3.14. The summed E-state index contributed by atoms with van der Waals surface area (Å²) in [4.78, 5) is 11.0. The molecule has 0 spiro atoms. The molecule has 1 rings (SSSR count). The molecule has 0 unspecified atom stereocenters. The summed E-state index contributed by atoms with van der Waals surface area (Å²) < 4.78 is 0. The fraction of sp³-hybridized carbons (Fsp3) is 0.923. The minimum Gasteiger partial charge on any atom is -0.390 e. The molecule has 0 radical (unpaired) electrons. The largest absolute Gasteiger partial charge is 0.390 e. The lowest BCUT2D eigenvalue weighted by molar-refractivity contribution is -0.120. The van der Waals surface area contributed by atoms with Crippen LogP contribution >= 0.6 is 0 Å². The normalized spacial score (nSPS) is 35.1. The zero-order valence-corrected chi connectivity index (χ0v) is 10.5. The van der Waals surface area contributed by atoms with E-state index in [0.29, 0.717) is 6.42 Å². The fourth-order valence-corrected chi connectivity index (χ4v) is 3.14. The quantitative estimate of drug-likeness (QED) is 0.781. The summed E-state index contributed by atoms with van der Waals surface area (Å²) in [7, 11) is 0. The molecule has 15 heavy (non-hydrogen) atoms. The summed E-state index contributed by atoms with van der Waals surface area (Å²) >= 11 is 0. The third-order valence-electron chi connectivity index (χ3n) is 3.98. The second-order valence-electron chi connectivity index (χ2n) is 5.99. The van der Waals surface area contributed by atoms with Gasteiger partial charge in [0.1, 0.15) is 5.78 Å². The van der Waals surface area contributed by atoms with Crippen LogP contribution in [-0.4, -0.2) is 16.5 Å². The molecule has 0 amide bonds. The maximum Gasteiger partial charge on any atom is 0.129 e. The standard InChI is InChI=1S/C13H24O2/c1-10(14)6-7-11-12(2,3)8-5-9-13(11,4)15/h11,15H,5-9H2,1-4H3/t11-,13-/m1/s1. The summed E-state index contributed by atoms with van der Waals surface area (Å²) in [6.07, 6.45) is 4.56. The lowest BCUT2D eigenvalue weighted by Gasteiger charge is -2.48. The Hall–Kier alpha value is -0.370. The van der Waals surface area contributed by atoms with Gasteiger partial charge in [0, 0.05) is 6.42 Å². The molecule has 1 aliphatic rings. The molecule has 88 valence electrons. The van der Waals surface area contributed by atoms with Crippen molar-refractivity contribution in [3.05, 3.63) is 0 Å². The highest BCUT2D eigenvalue weighted by atomic mass is 16.3. The van der Waals surface area contributed by atoms with Crippen molar-refractivity contribution in [2.75, 3.05) is 0 Å². The van der Waals surface area contributed by atoms with Crippen molar-refractivity contribution in [3.8, 4) is 0 Å². The molecule has 1 N–H and O–H groups in total. The van der Waals surface area contributed by atoms with Crippen molar-refractivity contribution >= 4 is 5.78 Å². The van der Waals surface area contributed by atoms with Crippen molar-refractivity contribution in [1.82, 2.24) is 0 Å². The minimum absolute atomic E-state index is 0.164. The maximum absolute atomic E-state index is 11.0. The molecule has 1 aliphatic carbocycles. The van der Waals surface area contributed by atoms with Gasteiger partial charge in [0.15, 0.2) is 0 Å². The highest BCUT2D eigenvalue weighted by molar-refractivity contribution is 5.75. The van der Waals surface area contributed by atoms with E-state index < -0.39 is 5.60 Å². The van der Waals surface area contributed by atoms with E-state index in [-0.39, 0.29) is 17.1 Å².